The van der Waals surface area contributed by atoms with E-state index in [-0.39, 0.29) is 0 Å². The van der Waals surface area contributed by atoms with Crippen molar-refractivity contribution in [3.05, 3.63) is 40.9 Å². The summed E-state index contributed by atoms with van der Waals surface area (Å²) in [6.07, 6.45) is 0.607. The van der Waals surface area contributed by atoms with Gasteiger partial charge in [0.25, 0.3) is 0 Å². The van der Waals surface area contributed by atoms with Crippen LogP contribution in [0.1, 0.15) is 5.76 Å². The SMILES string of the molecule is NCCc1cc(-c2cc(F)cc(Cl)c2)no1. The third-order valence-electron chi connectivity index (χ3n) is 2.11. The van der Waals surface area contributed by atoms with Crippen molar-refractivity contribution < 1.29 is 8.91 Å². The van der Waals surface area contributed by atoms with E-state index in [1.165, 1.54) is 12.1 Å². The molecule has 0 bridgehead atoms. The van der Waals surface area contributed by atoms with E-state index in [4.69, 9.17) is 21.9 Å². The van der Waals surface area contributed by atoms with Crippen molar-refractivity contribution in [2.24, 2.45) is 5.73 Å². The minimum Gasteiger partial charge on any atom is -0.361 e. The van der Waals surface area contributed by atoms with Crippen molar-refractivity contribution in [2.75, 3.05) is 6.54 Å². The van der Waals surface area contributed by atoms with Crippen LogP contribution in [0.2, 0.25) is 5.02 Å². The zero-order chi connectivity index (χ0) is 11.5. The molecule has 0 aliphatic heterocycles. The van der Waals surface area contributed by atoms with Gasteiger partial charge in [0.2, 0.25) is 0 Å². The first-order chi connectivity index (χ1) is 7.69. The Kier molecular flexibility index (Phi) is 3.22. The van der Waals surface area contributed by atoms with Gasteiger partial charge in [0, 0.05) is 23.1 Å². The maximum Gasteiger partial charge on any atom is 0.138 e. The number of nitrogens with zero attached hydrogens (tertiary/aromatic N) is 1. The molecule has 0 saturated heterocycles. The molecule has 0 radical (unpaired) electrons. The van der Waals surface area contributed by atoms with Gasteiger partial charge >= 0.3 is 0 Å². The standard InChI is InChI=1S/C11H10ClFN2O/c12-8-3-7(4-9(13)5-8)11-6-10(1-2-14)16-15-11/h3-6H,1-2,14H2. The van der Waals surface area contributed by atoms with Crippen LogP contribution < -0.4 is 5.73 Å². The van der Waals surface area contributed by atoms with Gasteiger partial charge in [-0.05, 0) is 24.7 Å². The third kappa shape index (κ3) is 2.40. The topological polar surface area (TPSA) is 52.0 Å². The number of benzene rings is 1. The maximum atomic E-state index is 13.1. The quantitative estimate of drug-likeness (QED) is 0.897. The van der Waals surface area contributed by atoms with Crippen LogP contribution in [-0.2, 0) is 6.42 Å². The van der Waals surface area contributed by atoms with E-state index in [9.17, 15) is 4.39 Å². The molecule has 0 spiro atoms. The molecule has 84 valence electrons. The highest BCUT2D eigenvalue weighted by atomic mass is 35.5. The minimum absolute atomic E-state index is 0.332. The van der Waals surface area contributed by atoms with Crippen LogP contribution in [0.4, 0.5) is 4.39 Å². The maximum absolute atomic E-state index is 13.1. The average molecular weight is 241 g/mol. The van der Waals surface area contributed by atoms with Crippen LogP contribution in [0.15, 0.2) is 28.8 Å². The fourth-order valence-electron chi connectivity index (χ4n) is 1.41. The highest BCUT2D eigenvalue weighted by Crippen LogP contribution is 2.24. The van der Waals surface area contributed by atoms with E-state index in [0.717, 1.165) is 0 Å². The first kappa shape index (κ1) is 11.1. The number of nitrogens with two attached hydrogens (primary N) is 1. The molecule has 0 unspecified atom stereocenters. The molecule has 2 N–H and O–H groups in total. The van der Waals surface area contributed by atoms with Crippen molar-refractivity contribution in [1.29, 1.82) is 0 Å². The molecule has 0 atom stereocenters. The van der Waals surface area contributed by atoms with E-state index in [2.05, 4.69) is 5.16 Å². The summed E-state index contributed by atoms with van der Waals surface area (Å²) in [5.74, 6) is 0.281. The number of hydrogen-bond donors (Lipinski definition) is 1. The Morgan fingerprint density at radius 2 is 2.12 bits per heavy atom. The Morgan fingerprint density at radius 3 is 2.81 bits per heavy atom. The second-order valence-corrected chi connectivity index (χ2v) is 3.81. The summed E-state index contributed by atoms with van der Waals surface area (Å²) in [6, 6.07) is 5.97. The molecule has 0 aliphatic carbocycles. The smallest absolute Gasteiger partial charge is 0.138 e. The number of hydrogen-bond acceptors (Lipinski definition) is 3. The number of halogens is 2. The fraction of sp³-hybridized carbons (Fsp3) is 0.182. The van der Waals surface area contributed by atoms with Gasteiger partial charge in [-0.2, -0.15) is 0 Å². The molecule has 2 aromatic rings. The van der Waals surface area contributed by atoms with Crippen molar-refractivity contribution in [3.8, 4) is 11.3 Å². The lowest BCUT2D eigenvalue weighted by molar-refractivity contribution is 0.386. The molecule has 2 rings (SSSR count). The van der Waals surface area contributed by atoms with Crippen molar-refractivity contribution in [3.63, 3.8) is 0 Å². The van der Waals surface area contributed by atoms with Crippen molar-refractivity contribution in [1.82, 2.24) is 5.16 Å². The van der Waals surface area contributed by atoms with Crippen LogP contribution in [0.25, 0.3) is 11.3 Å². The Hall–Kier alpha value is -1.39. The zero-order valence-electron chi connectivity index (χ0n) is 8.41. The Labute approximate surface area is 97.0 Å². The molecule has 0 fully saturated rings. The van der Waals surface area contributed by atoms with Crippen LogP contribution in [-0.4, -0.2) is 11.7 Å². The van der Waals surface area contributed by atoms with Gasteiger partial charge in [0.05, 0.1) is 0 Å². The molecular formula is C11H10ClFN2O. The number of aromatic nitrogens is 1. The molecule has 5 heteroatoms. The van der Waals surface area contributed by atoms with E-state index in [1.54, 1.807) is 12.1 Å². The van der Waals surface area contributed by atoms with Gasteiger partial charge in [-0.3, -0.25) is 0 Å². The van der Waals surface area contributed by atoms with Gasteiger partial charge < -0.3 is 10.3 Å². The largest absolute Gasteiger partial charge is 0.361 e. The summed E-state index contributed by atoms with van der Waals surface area (Å²) >= 11 is 5.75. The molecule has 16 heavy (non-hydrogen) atoms. The molecule has 1 heterocycles. The van der Waals surface area contributed by atoms with Gasteiger partial charge in [-0.15, -0.1) is 0 Å². The second-order valence-electron chi connectivity index (χ2n) is 3.38. The minimum atomic E-state index is -0.397. The highest BCUT2D eigenvalue weighted by Gasteiger charge is 2.08. The Balaban J connectivity index is 2.34. The summed E-state index contributed by atoms with van der Waals surface area (Å²) in [5.41, 5.74) is 6.54. The molecule has 0 aliphatic rings. The summed E-state index contributed by atoms with van der Waals surface area (Å²) in [6.45, 7) is 0.485. The lowest BCUT2D eigenvalue weighted by Crippen LogP contribution is -2.01. The van der Waals surface area contributed by atoms with Gasteiger partial charge in [-0.1, -0.05) is 16.8 Å². The second kappa shape index (κ2) is 4.63. The van der Waals surface area contributed by atoms with E-state index in [0.29, 0.717) is 35.0 Å². The van der Waals surface area contributed by atoms with E-state index in [1.807, 2.05) is 0 Å². The fourth-order valence-corrected chi connectivity index (χ4v) is 1.63. The van der Waals surface area contributed by atoms with Gasteiger partial charge in [0.1, 0.15) is 17.3 Å². The lowest BCUT2D eigenvalue weighted by atomic mass is 10.1. The van der Waals surface area contributed by atoms with Crippen molar-refractivity contribution >= 4 is 11.6 Å². The van der Waals surface area contributed by atoms with E-state index >= 15 is 0 Å². The predicted molar refractivity (Wildman–Crippen MR) is 59.7 cm³/mol. The van der Waals surface area contributed by atoms with Crippen LogP contribution in [0, 0.1) is 5.82 Å². The van der Waals surface area contributed by atoms with Gasteiger partial charge in [-0.25, -0.2) is 4.39 Å². The van der Waals surface area contributed by atoms with Gasteiger partial charge in [0.15, 0.2) is 0 Å². The van der Waals surface area contributed by atoms with Crippen LogP contribution >= 0.6 is 11.6 Å². The third-order valence-corrected chi connectivity index (χ3v) is 2.33. The normalized spacial score (nSPS) is 10.7. The summed E-state index contributed by atoms with van der Waals surface area (Å²) in [5, 5.41) is 4.16. The zero-order valence-corrected chi connectivity index (χ0v) is 9.17. The lowest BCUT2D eigenvalue weighted by Gasteiger charge is -1.96. The highest BCUT2D eigenvalue weighted by molar-refractivity contribution is 6.30. The number of rotatable bonds is 3. The average Bonchev–Trinajstić information content (AvgIpc) is 2.65. The molecule has 1 aromatic carbocycles. The predicted octanol–water partition coefficient (Wildman–Crippen LogP) is 2.64. The Bertz CT molecular complexity index is 478. The molecule has 0 amide bonds. The van der Waals surface area contributed by atoms with Crippen LogP contribution in [0.3, 0.4) is 0 Å². The Morgan fingerprint density at radius 1 is 1.31 bits per heavy atom. The van der Waals surface area contributed by atoms with E-state index < -0.39 is 5.82 Å². The molecule has 0 saturated carbocycles. The molecule has 3 nitrogen and oxygen atoms in total. The summed E-state index contributed by atoms with van der Waals surface area (Å²) < 4.78 is 18.1. The van der Waals surface area contributed by atoms with Crippen LogP contribution in [0.5, 0.6) is 0 Å². The first-order valence-electron chi connectivity index (χ1n) is 4.81. The molecule has 1 aromatic heterocycles. The first-order valence-corrected chi connectivity index (χ1v) is 5.19. The van der Waals surface area contributed by atoms with Crippen molar-refractivity contribution in [2.45, 2.75) is 6.42 Å². The summed E-state index contributed by atoms with van der Waals surface area (Å²) in [7, 11) is 0. The molecular weight excluding hydrogens is 231 g/mol. The summed E-state index contributed by atoms with van der Waals surface area (Å²) in [4.78, 5) is 0. The monoisotopic (exact) mass is 240 g/mol.